The lowest BCUT2D eigenvalue weighted by Gasteiger charge is -2.00. The van der Waals surface area contributed by atoms with Crippen LogP contribution in [0.4, 0.5) is 8.78 Å². The van der Waals surface area contributed by atoms with E-state index in [0.29, 0.717) is 9.32 Å². The molecule has 0 atom stereocenters. The molecule has 0 unspecified atom stereocenters. The fraction of sp³-hybridized carbons (Fsp3) is 0.0667. The number of rotatable bonds is 4. The van der Waals surface area contributed by atoms with Crippen LogP contribution in [0, 0.1) is 15.2 Å². The van der Waals surface area contributed by atoms with Crippen LogP contribution in [0.1, 0.15) is 11.1 Å². The molecular formula is C15H12F2IN3S. The SMILES string of the molecule is NC(=NN=Cc1c(F)cc(I)cc1F)SCc1ccccc1. The normalized spacial score (nSPS) is 12.0. The quantitative estimate of drug-likeness (QED) is 0.342. The second kappa shape index (κ2) is 8.23. The Hall–Kier alpha value is -1.48. The molecule has 2 aromatic carbocycles. The summed E-state index contributed by atoms with van der Waals surface area (Å²) in [6.45, 7) is 0. The summed E-state index contributed by atoms with van der Waals surface area (Å²) in [7, 11) is 0. The van der Waals surface area contributed by atoms with Gasteiger partial charge in [0.15, 0.2) is 5.17 Å². The summed E-state index contributed by atoms with van der Waals surface area (Å²) in [6, 6.07) is 12.2. The lowest BCUT2D eigenvalue weighted by Crippen LogP contribution is -2.06. The third-order valence-electron chi connectivity index (χ3n) is 2.62. The number of benzene rings is 2. The molecule has 0 bridgehead atoms. The van der Waals surface area contributed by atoms with Gasteiger partial charge in [0.05, 0.1) is 11.8 Å². The van der Waals surface area contributed by atoms with Gasteiger partial charge in [-0.2, -0.15) is 5.10 Å². The molecule has 0 aliphatic carbocycles. The molecule has 0 saturated carbocycles. The van der Waals surface area contributed by atoms with Gasteiger partial charge in [-0.05, 0) is 40.3 Å². The molecule has 22 heavy (non-hydrogen) atoms. The van der Waals surface area contributed by atoms with Crippen LogP contribution >= 0.6 is 34.4 Å². The van der Waals surface area contributed by atoms with Gasteiger partial charge in [0.25, 0.3) is 0 Å². The van der Waals surface area contributed by atoms with Gasteiger partial charge in [0, 0.05) is 9.32 Å². The maximum Gasteiger partial charge on any atom is 0.180 e. The molecule has 0 amide bonds. The van der Waals surface area contributed by atoms with E-state index >= 15 is 0 Å². The molecule has 0 saturated heterocycles. The molecule has 2 aromatic rings. The van der Waals surface area contributed by atoms with Gasteiger partial charge in [-0.15, -0.1) is 5.10 Å². The Morgan fingerprint density at radius 1 is 1.18 bits per heavy atom. The Morgan fingerprint density at radius 3 is 2.45 bits per heavy atom. The van der Waals surface area contributed by atoms with Gasteiger partial charge in [-0.25, -0.2) is 8.78 Å². The molecule has 0 fully saturated rings. The minimum Gasteiger partial charge on any atom is -0.377 e. The van der Waals surface area contributed by atoms with Crippen LogP contribution in [0.15, 0.2) is 52.7 Å². The molecule has 0 aliphatic rings. The zero-order chi connectivity index (χ0) is 15.9. The van der Waals surface area contributed by atoms with E-state index in [1.807, 2.05) is 52.9 Å². The van der Waals surface area contributed by atoms with E-state index in [9.17, 15) is 8.78 Å². The van der Waals surface area contributed by atoms with Crippen molar-refractivity contribution in [2.75, 3.05) is 0 Å². The zero-order valence-corrected chi connectivity index (χ0v) is 14.3. The molecule has 0 spiro atoms. The van der Waals surface area contributed by atoms with Crippen molar-refractivity contribution in [3.05, 3.63) is 68.8 Å². The number of amidine groups is 1. The molecular weight excluding hydrogens is 419 g/mol. The predicted octanol–water partition coefficient (Wildman–Crippen LogP) is 4.15. The maximum absolute atomic E-state index is 13.6. The van der Waals surface area contributed by atoms with E-state index in [1.165, 1.54) is 23.9 Å². The Morgan fingerprint density at radius 2 is 1.82 bits per heavy atom. The largest absolute Gasteiger partial charge is 0.377 e. The lowest BCUT2D eigenvalue weighted by molar-refractivity contribution is 0.578. The van der Waals surface area contributed by atoms with E-state index in [4.69, 9.17) is 5.73 Å². The fourth-order valence-corrected chi connectivity index (χ4v) is 2.74. The third-order valence-corrected chi connectivity index (χ3v) is 4.09. The highest BCUT2D eigenvalue weighted by Gasteiger charge is 2.08. The number of hydrogen-bond donors (Lipinski definition) is 1. The van der Waals surface area contributed by atoms with E-state index in [0.717, 1.165) is 11.8 Å². The highest BCUT2D eigenvalue weighted by Crippen LogP contribution is 2.15. The summed E-state index contributed by atoms with van der Waals surface area (Å²) in [5.74, 6) is -0.712. The monoisotopic (exact) mass is 431 g/mol. The van der Waals surface area contributed by atoms with Crippen LogP contribution in [0.2, 0.25) is 0 Å². The number of halogens is 3. The van der Waals surface area contributed by atoms with Crippen LogP contribution in [-0.4, -0.2) is 11.4 Å². The molecule has 2 N–H and O–H groups in total. The number of nitrogens with zero attached hydrogens (tertiary/aromatic N) is 2. The highest BCUT2D eigenvalue weighted by atomic mass is 127. The van der Waals surface area contributed by atoms with Crippen molar-refractivity contribution in [1.29, 1.82) is 0 Å². The van der Waals surface area contributed by atoms with Crippen LogP contribution in [0.3, 0.4) is 0 Å². The van der Waals surface area contributed by atoms with Gasteiger partial charge in [0.1, 0.15) is 11.6 Å². The number of nitrogens with two attached hydrogens (primary N) is 1. The number of hydrogen-bond acceptors (Lipinski definition) is 3. The summed E-state index contributed by atoms with van der Waals surface area (Å²) in [6.07, 6.45) is 1.02. The lowest BCUT2D eigenvalue weighted by atomic mass is 10.2. The first-order valence-corrected chi connectivity index (χ1v) is 8.30. The molecule has 7 heteroatoms. The average Bonchev–Trinajstić information content (AvgIpc) is 2.49. The molecule has 0 aliphatic heterocycles. The highest BCUT2D eigenvalue weighted by molar-refractivity contribution is 14.1. The Bertz CT molecular complexity index is 682. The Labute approximate surface area is 144 Å². The van der Waals surface area contributed by atoms with Crippen LogP contribution in [0.5, 0.6) is 0 Å². The third kappa shape index (κ3) is 5.06. The first-order valence-electron chi connectivity index (χ1n) is 6.24. The van der Waals surface area contributed by atoms with Crippen LogP contribution in [-0.2, 0) is 5.75 Å². The second-order valence-corrected chi connectivity index (χ2v) is 6.48. The Balaban J connectivity index is 1.99. The average molecular weight is 431 g/mol. The maximum atomic E-state index is 13.6. The van der Waals surface area contributed by atoms with Gasteiger partial charge in [-0.1, -0.05) is 42.1 Å². The fourth-order valence-electron chi connectivity index (χ4n) is 1.58. The molecule has 0 radical (unpaired) electrons. The van der Waals surface area contributed by atoms with E-state index in [-0.39, 0.29) is 10.7 Å². The topological polar surface area (TPSA) is 50.7 Å². The summed E-state index contributed by atoms with van der Waals surface area (Å²) in [5, 5.41) is 7.60. The zero-order valence-electron chi connectivity index (χ0n) is 11.3. The summed E-state index contributed by atoms with van der Waals surface area (Å²) >= 11 is 3.14. The van der Waals surface area contributed by atoms with Crippen molar-refractivity contribution in [2.45, 2.75) is 5.75 Å². The van der Waals surface area contributed by atoms with Crippen molar-refractivity contribution < 1.29 is 8.78 Å². The van der Waals surface area contributed by atoms with E-state index in [2.05, 4.69) is 10.2 Å². The van der Waals surface area contributed by atoms with Crippen molar-refractivity contribution in [2.24, 2.45) is 15.9 Å². The Kier molecular flexibility index (Phi) is 6.32. The van der Waals surface area contributed by atoms with Crippen molar-refractivity contribution in [1.82, 2.24) is 0 Å². The minimum atomic E-state index is -0.682. The van der Waals surface area contributed by atoms with Gasteiger partial charge < -0.3 is 5.73 Å². The summed E-state index contributed by atoms with van der Waals surface area (Å²) in [4.78, 5) is 0. The molecule has 3 nitrogen and oxygen atoms in total. The summed E-state index contributed by atoms with van der Waals surface area (Å²) < 4.78 is 27.6. The van der Waals surface area contributed by atoms with Crippen molar-refractivity contribution in [3.8, 4) is 0 Å². The summed E-state index contributed by atoms with van der Waals surface area (Å²) in [5.41, 5.74) is 6.57. The van der Waals surface area contributed by atoms with Crippen LogP contribution < -0.4 is 5.73 Å². The van der Waals surface area contributed by atoms with E-state index in [1.54, 1.807) is 0 Å². The van der Waals surface area contributed by atoms with Gasteiger partial charge >= 0.3 is 0 Å². The van der Waals surface area contributed by atoms with Crippen LogP contribution in [0.25, 0.3) is 0 Å². The second-order valence-electron chi connectivity index (χ2n) is 4.24. The molecule has 2 rings (SSSR count). The van der Waals surface area contributed by atoms with Crippen molar-refractivity contribution >= 4 is 45.7 Å². The molecule has 114 valence electrons. The first-order chi connectivity index (χ1) is 10.6. The first kappa shape index (κ1) is 16.9. The van der Waals surface area contributed by atoms with Crippen molar-refractivity contribution in [3.63, 3.8) is 0 Å². The molecule has 0 heterocycles. The predicted molar refractivity (Wildman–Crippen MR) is 96.0 cm³/mol. The standard InChI is InChI=1S/C15H12F2IN3S/c16-13-6-11(18)7-14(17)12(13)8-20-21-15(19)22-9-10-4-2-1-3-5-10/h1-8H,9H2,(H2,19,21). The minimum absolute atomic E-state index is 0.228. The van der Waals surface area contributed by atoms with E-state index < -0.39 is 11.6 Å². The molecule has 0 aromatic heterocycles. The number of thioether (sulfide) groups is 1. The smallest absolute Gasteiger partial charge is 0.180 e. The van der Waals surface area contributed by atoms with Gasteiger partial charge in [-0.3, -0.25) is 0 Å². The van der Waals surface area contributed by atoms with Gasteiger partial charge in [0.2, 0.25) is 0 Å².